The SMILES string of the molecule is CC(CCN1Cc2cc(C#CC#C[C@@H]3C[C@@H]3P(C)(=O)Oc3ccccc3CCC(=O)O)cn2C1=O)(C(=O)NO)S(C)(=O)=O. The molecule has 1 fully saturated rings. The quantitative estimate of drug-likeness (QED) is 0.146. The van der Waals surface area contributed by atoms with Gasteiger partial charge in [-0.3, -0.25) is 23.9 Å². The number of aryl methyl sites for hydroxylation is 1. The maximum atomic E-state index is 13.3. The summed E-state index contributed by atoms with van der Waals surface area (Å²) < 4.78 is 43.0. The predicted molar refractivity (Wildman–Crippen MR) is 157 cm³/mol. The van der Waals surface area contributed by atoms with Crippen molar-refractivity contribution in [3.63, 3.8) is 0 Å². The highest BCUT2D eigenvalue weighted by molar-refractivity contribution is 7.92. The van der Waals surface area contributed by atoms with Gasteiger partial charge in [0.1, 0.15) is 5.75 Å². The van der Waals surface area contributed by atoms with Crippen molar-refractivity contribution in [3.05, 3.63) is 53.3 Å². The molecule has 4 atom stereocenters. The third kappa shape index (κ3) is 7.14. The van der Waals surface area contributed by atoms with Crippen molar-refractivity contribution in [1.82, 2.24) is 14.9 Å². The summed E-state index contributed by atoms with van der Waals surface area (Å²) in [6.07, 6.45) is 3.07. The van der Waals surface area contributed by atoms with Gasteiger partial charge < -0.3 is 14.5 Å². The first-order valence-corrected chi connectivity index (χ1v) is 17.4. The van der Waals surface area contributed by atoms with E-state index in [2.05, 4.69) is 23.7 Å². The number of aromatic nitrogens is 1. The highest BCUT2D eigenvalue weighted by atomic mass is 32.2. The van der Waals surface area contributed by atoms with E-state index in [1.807, 2.05) is 0 Å². The Kier molecular flexibility index (Phi) is 9.12. The number of fused-ring (bicyclic) bond motifs is 1. The van der Waals surface area contributed by atoms with Crippen LogP contribution in [0, 0.1) is 29.6 Å². The molecule has 1 saturated carbocycles. The molecule has 14 heteroatoms. The maximum absolute atomic E-state index is 13.3. The van der Waals surface area contributed by atoms with E-state index < -0.39 is 39.9 Å². The molecule has 4 rings (SSSR count). The lowest BCUT2D eigenvalue weighted by molar-refractivity contribution is -0.137. The highest BCUT2D eigenvalue weighted by Gasteiger charge is 2.49. The van der Waals surface area contributed by atoms with Crippen molar-refractivity contribution in [2.45, 2.75) is 49.6 Å². The van der Waals surface area contributed by atoms with Crippen LogP contribution in [0.5, 0.6) is 5.75 Å². The van der Waals surface area contributed by atoms with E-state index in [4.69, 9.17) is 14.8 Å². The van der Waals surface area contributed by atoms with Crippen LogP contribution in [0.2, 0.25) is 0 Å². The standard InChI is InChI=1S/C29H32N3O9PS/c1-29(27(35)30-37,43(3,39)40)14-15-31-19-23-16-20(18-32(23)28(31)36)8-4-5-10-22-17-25(22)42(2,38)41-24-11-7-6-9-21(24)12-13-26(33)34/h6-7,9,11,16,18,22,25,37H,12-15,17,19H2,1-3H3,(H,30,35)(H,33,34)/t22-,25+,29?,42?/m1/s1. The van der Waals surface area contributed by atoms with Crippen molar-refractivity contribution in [2.75, 3.05) is 19.5 Å². The number of nitrogens with one attached hydrogen (secondary N) is 1. The number of hydrogen-bond donors (Lipinski definition) is 3. The zero-order valence-electron chi connectivity index (χ0n) is 23.9. The van der Waals surface area contributed by atoms with Gasteiger partial charge in [0.05, 0.1) is 12.2 Å². The molecule has 1 aliphatic heterocycles. The lowest BCUT2D eigenvalue weighted by Gasteiger charge is -2.27. The number of carboxylic acid groups (broad SMARTS) is 1. The fourth-order valence-corrected chi connectivity index (χ4v) is 7.68. The molecule has 2 unspecified atom stereocenters. The van der Waals surface area contributed by atoms with Crippen LogP contribution in [-0.4, -0.2) is 76.0 Å². The average molecular weight is 630 g/mol. The van der Waals surface area contributed by atoms with Crippen LogP contribution in [0.15, 0.2) is 36.5 Å². The number of carbonyl (C=O) groups excluding carboxylic acids is 2. The molecule has 0 saturated heterocycles. The number of benzene rings is 1. The van der Waals surface area contributed by atoms with Crippen molar-refractivity contribution < 1.29 is 42.2 Å². The van der Waals surface area contributed by atoms with Gasteiger partial charge in [-0.1, -0.05) is 30.0 Å². The van der Waals surface area contributed by atoms with Gasteiger partial charge in [-0.2, -0.15) is 0 Å². The van der Waals surface area contributed by atoms with E-state index in [0.29, 0.717) is 29.0 Å². The molecule has 0 spiro atoms. The Labute approximate surface area is 249 Å². The van der Waals surface area contributed by atoms with Gasteiger partial charge in [0.25, 0.3) is 5.91 Å². The van der Waals surface area contributed by atoms with Crippen LogP contribution < -0.4 is 10.0 Å². The number of sulfone groups is 1. The van der Waals surface area contributed by atoms with E-state index >= 15 is 0 Å². The van der Waals surface area contributed by atoms with Crippen LogP contribution in [0.25, 0.3) is 0 Å². The summed E-state index contributed by atoms with van der Waals surface area (Å²) in [5, 5.41) is 18.0. The second kappa shape index (κ2) is 12.3. The summed E-state index contributed by atoms with van der Waals surface area (Å²) in [5.74, 6) is 9.73. The molecule has 2 heterocycles. The number of hydrogen-bond acceptors (Lipinski definition) is 8. The Morgan fingerprint density at radius 3 is 2.63 bits per heavy atom. The third-order valence-corrected chi connectivity index (χ3v) is 12.1. The first-order valence-electron chi connectivity index (χ1n) is 13.4. The smallest absolute Gasteiger partial charge is 0.328 e. The van der Waals surface area contributed by atoms with Crippen LogP contribution in [0.4, 0.5) is 4.79 Å². The van der Waals surface area contributed by atoms with Gasteiger partial charge in [-0.15, -0.1) is 0 Å². The van der Waals surface area contributed by atoms with Crippen molar-refractivity contribution in [2.24, 2.45) is 5.92 Å². The summed E-state index contributed by atoms with van der Waals surface area (Å²) in [5.41, 5.74) is 3.04. The normalized spacial score (nSPS) is 19.9. The third-order valence-electron chi connectivity index (χ3n) is 7.73. The lowest BCUT2D eigenvalue weighted by atomic mass is 10.1. The number of para-hydroxylation sites is 1. The van der Waals surface area contributed by atoms with Crippen LogP contribution in [0.3, 0.4) is 0 Å². The van der Waals surface area contributed by atoms with Gasteiger partial charge >= 0.3 is 12.0 Å². The Morgan fingerprint density at radius 1 is 1.26 bits per heavy atom. The molecule has 1 aromatic heterocycles. The Bertz CT molecular complexity index is 1740. The molecule has 2 amide bonds. The van der Waals surface area contributed by atoms with Crippen molar-refractivity contribution in [3.8, 4) is 29.4 Å². The van der Waals surface area contributed by atoms with E-state index in [9.17, 15) is 27.4 Å². The zero-order chi connectivity index (χ0) is 31.6. The number of aliphatic carboxylic acids is 1. The minimum Gasteiger partial charge on any atom is -0.481 e. The predicted octanol–water partition coefficient (Wildman–Crippen LogP) is 2.72. The van der Waals surface area contributed by atoms with Crippen LogP contribution in [0.1, 0.15) is 43.0 Å². The Balaban J connectivity index is 1.33. The fraction of sp³-hybridized carbons (Fsp3) is 0.414. The Morgan fingerprint density at radius 2 is 1.98 bits per heavy atom. The summed E-state index contributed by atoms with van der Waals surface area (Å²) in [6, 6.07) is 8.30. The summed E-state index contributed by atoms with van der Waals surface area (Å²) >= 11 is 0. The second-order valence-electron chi connectivity index (χ2n) is 10.9. The van der Waals surface area contributed by atoms with E-state index in [1.165, 1.54) is 21.9 Å². The zero-order valence-corrected chi connectivity index (χ0v) is 25.6. The molecular formula is C29H32N3O9PS. The van der Waals surface area contributed by atoms with E-state index in [-0.39, 0.29) is 43.9 Å². The first kappa shape index (κ1) is 31.9. The largest absolute Gasteiger partial charge is 0.481 e. The molecule has 0 radical (unpaired) electrons. The van der Waals surface area contributed by atoms with Crippen molar-refractivity contribution in [1.29, 1.82) is 0 Å². The molecule has 228 valence electrons. The first-order chi connectivity index (χ1) is 20.2. The molecule has 43 heavy (non-hydrogen) atoms. The highest BCUT2D eigenvalue weighted by Crippen LogP contribution is 2.61. The van der Waals surface area contributed by atoms with E-state index in [0.717, 1.165) is 6.26 Å². The van der Waals surface area contributed by atoms with Gasteiger partial charge in [0, 0.05) is 49.3 Å². The van der Waals surface area contributed by atoms with Gasteiger partial charge in [0.15, 0.2) is 14.6 Å². The van der Waals surface area contributed by atoms with Crippen LogP contribution >= 0.6 is 7.37 Å². The van der Waals surface area contributed by atoms with E-state index in [1.54, 1.807) is 43.2 Å². The number of rotatable bonds is 11. The molecule has 0 bridgehead atoms. The molecule has 12 nitrogen and oxygen atoms in total. The molecule has 3 N–H and O–H groups in total. The fourth-order valence-electron chi connectivity index (χ4n) is 4.79. The number of amides is 2. The summed E-state index contributed by atoms with van der Waals surface area (Å²) in [4.78, 5) is 37.2. The van der Waals surface area contributed by atoms with Crippen molar-refractivity contribution >= 4 is 35.1 Å². The minimum absolute atomic E-state index is 0.0224. The average Bonchev–Trinajstić information content (AvgIpc) is 3.54. The van der Waals surface area contributed by atoms with Gasteiger partial charge in [-0.05, 0) is 55.7 Å². The molecule has 1 aliphatic carbocycles. The molecule has 2 aliphatic rings. The summed E-state index contributed by atoms with van der Waals surface area (Å²) in [6.45, 7) is 2.93. The topological polar surface area (TPSA) is 172 Å². The van der Waals surface area contributed by atoms with Gasteiger partial charge in [-0.25, -0.2) is 18.7 Å². The second-order valence-corrected chi connectivity index (χ2v) is 16.0. The number of nitrogens with zero attached hydrogens (tertiary/aromatic N) is 2. The monoisotopic (exact) mass is 629 g/mol. The summed E-state index contributed by atoms with van der Waals surface area (Å²) in [7, 11) is -6.95. The van der Waals surface area contributed by atoms with Gasteiger partial charge in [0.2, 0.25) is 7.37 Å². The minimum atomic E-state index is -3.88. The Hall–Kier alpha value is -4.03. The molecule has 2 aromatic rings. The van der Waals surface area contributed by atoms with Crippen LogP contribution in [-0.2, 0) is 37.0 Å². The number of carboxylic acids is 1. The molecular weight excluding hydrogens is 597 g/mol. The molecule has 1 aromatic carbocycles. The number of hydroxylamine groups is 1. The number of carbonyl (C=O) groups is 3. The maximum Gasteiger partial charge on any atom is 0.328 e. The lowest BCUT2D eigenvalue weighted by Crippen LogP contribution is -2.50.